The lowest BCUT2D eigenvalue weighted by molar-refractivity contribution is 0.0926. The minimum absolute atomic E-state index is 0.0394. The lowest BCUT2D eigenvalue weighted by Gasteiger charge is -2.19. The predicted octanol–water partition coefficient (Wildman–Crippen LogP) is 3.23. The smallest absolute Gasteiger partial charge is 0.270 e. The van der Waals surface area contributed by atoms with Gasteiger partial charge in [-0.1, -0.05) is 38.1 Å². The molecule has 1 heterocycles. The molecule has 0 fully saturated rings. The molecule has 3 nitrogen and oxygen atoms in total. The van der Waals surface area contributed by atoms with E-state index in [9.17, 15) is 4.79 Å². The van der Waals surface area contributed by atoms with Crippen LogP contribution < -0.4 is 5.32 Å². The minimum atomic E-state index is -0.176. The molecule has 0 aliphatic heterocycles. The summed E-state index contributed by atoms with van der Waals surface area (Å²) in [5.41, 5.74) is 1.25. The fraction of sp³-hybridized carbons (Fsp3) is 0.333. The predicted molar refractivity (Wildman–Crippen MR) is 78.6 cm³/mol. The average molecular weight is 277 g/mol. The van der Waals surface area contributed by atoms with E-state index < -0.39 is 0 Å². The second-order valence-electron chi connectivity index (χ2n) is 4.87. The van der Waals surface area contributed by atoms with Gasteiger partial charge in [-0.05, 0) is 18.1 Å². The largest absolute Gasteiger partial charge is 0.347 e. The van der Waals surface area contributed by atoms with Gasteiger partial charge in [-0.25, -0.2) is 4.98 Å². The maximum absolute atomic E-state index is 12.1. The van der Waals surface area contributed by atoms with Gasteiger partial charge in [-0.15, -0.1) is 11.6 Å². The van der Waals surface area contributed by atoms with Gasteiger partial charge in [-0.3, -0.25) is 4.79 Å². The van der Waals surface area contributed by atoms with Crippen LogP contribution in [-0.4, -0.2) is 22.8 Å². The van der Waals surface area contributed by atoms with E-state index >= 15 is 0 Å². The number of carbonyl (C=O) groups is 1. The molecule has 0 bridgehead atoms. The van der Waals surface area contributed by atoms with Crippen LogP contribution in [0.2, 0.25) is 0 Å². The van der Waals surface area contributed by atoms with Gasteiger partial charge in [0.1, 0.15) is 5.69 Å². The summed E-state index contributed by atoms with van der Waals surface area (Å²) in [7, 11) is 0. The van der Waals surface area contributed by atoms with E-state index in [1.807, 2.05) is 44.2 Å². The van der Waals surface area contributed by atoms with E-state index in [0.29, 0.717) is 17.5 Å². The number of hydrogen-bond acceptors (Lipinski definition) is 2. The highest BCUT2D eigenvalue weighted by molar-refractivity contribution is 6.18. The van der Waals surface area contributed by atoms with Gasteiger partial charge in [0, 0.05) is 17.3 Å². The van der Waals surface area contributed by atoms with Crippen molar-refractivity contribution in [3.63, 3.8) is 0 Å². The van der Waals surface area contributed by atoms with Crippen molar-refractivity contribution in [2.24, 2.45) is 5.92 Å². The summed E-state index contributed by atoms with van der Waals surface area (Å²) in [5.74, 6) is 0.517. The number of nitrogens with one attached hydrogen (secondary N) is 1. The first-order valence-electron chi connectivity index (χ1n) is 6.34. The van der Waals surface area contributed by atoms with Gasteiger partial charge < -0.3 is 5.32 Å². The summed E-state index contributed by atoms with van der Waals surface area (Å²) >= 11 is 5.85. The molecule has 0 saturated carbocycles. The van der Waals surface area contributed by atoms with Gasteiger partial charge >= 0.3 is 0 Å². The monoisotopic (exact) mass is 276 g/mol. The van der Waals surface area contributed by atoms with Crippen molar-refractivity contribution >= 4 is 28.4 Å². The molecule has 19 heavy (non-hydrogen) atoms. The fourth-order valence-electron chi connectivity index (χ4n) is 1.82. The van der Waals surface area contributed by atoms with E-state index in [2.05, 4.69) is 10.3 Å². The Labute approximate surface area is 118 Å². The van der Waals surface area contributed by atoms with Crippen molar-refractivity contribution in [2.45, 2.75) is 19.9 Å². The maximum Gasteiger partial charge on any atom is 0.270 e. The summed E-state index contributed by atoms with van der Waals surface area (Å²) < 4.78 is 0. The third kappa shape index (κ3) is 3.24. The number of pyridine rings is 1. The normalized spacial score (nSPS) is 12.6. The number of fused-ring (bicyclic) bond motifs is 1. The zero-order valence-corrected chi connectivity index (χ0v) is 11.8. The number of halogens is 1. The number of benzene rings is 1. The Kier molecular flexibility index (Phi) is 4.38. The highest BCUT2D eigenvalue weighted by Gasteiger charge is 2.17. The number of alkyl halides is 1. The summed E-state index contributed by atoms with van der Waals surface area (Å²) in [6.45, 7) is 4.06. The first kappa shape index (κ1) is 13.8. The molecule has 1 aromatic heterocycles. The highest BCUT2D eigenvalue weighted by atomic mass is 35.5. The first-order chi connectivity index (χ1) is 9.11. The van der Waals surface area contributed by atoms with Crippen LogP contribution in [0.15, 0.2) is 36.4 Å². The van der Waals surface area contributed by atoms with Crippen molar-refractivity contribution in [3.8, 4) is 0 Å². The van der Waals surface area contributed by atoms with E-state index in [1.54, 1.807) is 6.07 Å². The van der Waals surface area contributed by atoms with Crippen molar-refractivity contribution < 1.29 is 4.79 Å². The molecule has 1 atom stereocenters. The molecule has 0 aliphatic carbocycles. The second-order valence-corrected chi connectivity index (χ2v) is 5.18. The molecule has 2 rings (SSSR count). The molecule has 4 heteroatoms. The Morgan fingerprint density at radius 3 is 2.68 bits per heavy atom. The SMILES string of the molecule is CC(C)C(CCl)NC(=O)c1ccc2ccccc2n1. The number of rotatable bonds is 4. The van der Waals surface area contributed by atoms with Crippen LogP contribution in [0.5, 0.6) is 0 Å². The molecule has 0 radical (unpaired) electrons. The van der Waals surface area contributed by atoms with Crippen LogP contribution in [0.25, 0.3) is 10.9 Å². The van der Waals surface area contributed by atoms with Crippen molar-refractivity contribution in [1.29, 1.82) is 0 Å². The molecule has 1 aromatic carbocycles. The van der Waals surface area contributed by atoms with Gasteiger partial charge in [-0.2, -0.15) is 0 Å². The van der Waals surface area contributed by atoms with E-state index in [-0.39, 0.29) is 11.9 Å². The quantitative estimate of drug-likeness (QED) is 0.871. The Bertz CT molecular complexity index is 583. The number of nitrogens with zero attached hydrogens (tertiary/aromatic N) is 1. The molecule has 1 unspecified atom stereocenters. The Balaban J connectivity index is 2.21. The number of hydrogen-bond donors (Lipinski definition) is 1. The molecule has 1 N–H and O–H groups in total. The minimum Gasteiger partial charge on any atom is -0.347 e. The van der Waals surface area contributed by atoms with Crippen molar-refractivity contribution in [1.82, 2.24) is 10.3 Å². The van der Waals surface area contributed by atoms with E-state index in [1.165, 1.54) is 0 Å². The number of aromatic nitrogens is 1. The fourth-order valence-corrected chi connectivity index (χ4v) is 2.25. The van der Waals surface area contributed by atoms with Crippen LogP contribution in [0.3, 0.4) is 0 Å². The summed E-state index contributed by atoms with van der Waals surface area (Å²) in [6, 6.07) is 11.3. The highest BCUT2D eigenvalue weighted by Crippen LogP contribution is 2.12. The second kappa shape index (κ2) is 6.02. The standard InChI is InChI=1S/C15H17ClN2O/c1-10(2)14(9-16)18-15(19)13-8-7-11-5-3-4-6-12(11)17-13/h3-8,10,14H,9H2,1-2H3,(H,18,19). The van der Waals surface area contributed by atoms with Gasteiger partial charge in [0.15, 0.2) is 0 Å². The third-order valence-electron chi connectivity index (χ3n) is 3.12. The van der Waals surface area contributed by atoms with E-state index in [4.69, 9.17) is 11.6 Å². The summed E-state index contributed by atoms with van der Waals surface area (Å²) in [6.07, 6.45) is 0. The lowest BCUT2D eigenvalue weighted by atomic mass is 10.1. The topological polar surface area (TPSA) is 42.0 Å². The zero-order chi connectivity index (χ0) is 13.8. The molecule has 1 amide bonds. The number of amides is 1. The Hall–Kier alpha value is -1.61. The van der Waals surface area contributed by atoms with Gasteiger partial charge in [0.05, 0.1) is 5.52 Å². The molecule has 0 spiro atoms. The maximum atomic E-state index is 12.1. The van der Waals surface area contributed by atoms with Gasteiger partial charge in [0.25, 0.3) is 5.91 Å². The summed E-state index contributed by atoms with van der Waals surface area (Å²) in [4.78, 5) is 16.5. The molecule has 2 aromatic rings. The molecule has 0 saturated heterocycles. The van der Waals surface area contributed by atoms with Crippen molar-refractivity contribution in [3.05, 3.63) is 42.1 Å². The molecular formula is C15H17ClN2O. The zero-order valence-electron chi connectivity index (χ0n) is 11.1. The summed E-state index contributed by atoms with van der Waals surface area (Å²) in [5, 5.41) is 3.94. The van der Waals surface area contributed by atoms with Gasteiger partial charge in [0.2, 0.25) is 0 Å². The molecule has 100 valence electrons. The average Bonchev–Trinajstić information content (AvgIpc) is 2.43. The van der Waals surface area contributed by atoms with Crippen LogP contribution in [0, 0.1) is 5.92 Å². The Morgan fingerprint density at radius 1 is 1.26 bits per heavy atom. The molecule has 0 aliphatic rings. The lowest BCUT2D eigenvalue weighted by Crippen LogP contribution is -2.40. The van der Waals surface area contributed by atoms with E-state index in [0.717, 1.165) is 10.9 Å². The first-order valence-corrected chi connectivity index (χ1v) is 6.88. The van der Waals surface area contributed by atoms with Crippen LogP contribution in [0.1, 0.15) is 24.3 Å². The Morgan fingerprint density at radius 2 is 2.00 bits per heavy atom. The third-order valence-corrected chi connectivity index (χ3v) is 3.45. The van der Waals surface area contributed by atoms with Crippen LogP contribution in [0.4, 0.5) is 0 Å². The molecular weight excluding hydrogens is 260 g/mol. The number of carbonyl (C=O) groups excluding carboxylic acids is 1. The van der Waals surface area contributed by atoms with Crippen molar-refractivity contribution in [2.75, 3.05) is 5.88 Å². The number of para-hydroxylation sites is 1. The van der Waals surface area contributed by atoms with Crippen LogP contribution in [-0.2, 0) is 0 Å². The van der Waals surface area contributed by atoms with Crippen LogP contribution >= 0.6 is 11.6 Å².